The van der Waals surface area contributed by atoms with Crippen LogP contribution in [0.2, 0.25) is 0 Å². The number of rotatable bonds is 2. The Balaban J connectivity index is 0.000000845. The second-order valence-electron chi connectivity index (χ2n) is 3.28. The summed E-state index contributed by atoms with van der Waals surface area (Å²) in [6.07, 6.45) is 2.36. The minimum absolute atomic E-state index is 0. The molecule has 0 unspecified atom stereocenters. The lowest BCUT2D eigenvalue weighted by molar-refractivity contribution is 0.433. The molecular formula is C10H14ClNS. The number of hydrogen-bond donors (Lipinski definition) is 1. The fourth-order valence-corrected chi connectivity index (χ4v) is 2.78. The molecule has 0 aromatic heterocycles. The molecule has 1 aliphatic rings. The SMILES string of the molecule is Cl.NC1CC(Sc2ccccc2)C1. The lowest BCUT2D eigenvalue weighted by Crippen LogP contribution is -2.38. The van der Waals surface area contributed by atoms with Crippen molar-refractivity contribution in [2.45, 2.75) is 29.0 Å². The monoisotopic (exact) mass is 215 g/mol. The summed E-state index contributed by atoms with van der Waals surface area (Å²) in [7, 11) is 0. The highest BCUT2D eigenvalue weighted by Gasteiger charge is 2.26. The van der Waals surface area contributed by atoms with Crippen molar-refractivity contribution in [2.75, 3.05) is 0 Å². The van der Waals surface area contributed by atoms with Gasteiger partial charge in [0.2, 0.25) is 0 Å². The van der Waals surface area contributed by atoms with Crippen molar-refractivity contribution >= 4 is 24.2 Å². The average molecular weight is 216 g/mol. The van der Waals surface area contributed by atoms with Crippen molar-refractivity contribution in [3.8, 4) is 0 Å². The molecule has 72 valence electrons. The van der Waals surface area contributed by atoms with Crippen LogP contribution in [0.15, 0.2) is 35.2 Å². The lowest BCUT2D eigenvalue weighted by atomic mass is 9.94. The maximum absolute atomic E-state index is 5.71. The Kier molecular flexibility index (Phi) is 4.10. The van der Waals surface area contributed by atoms with Gasteiger partial charge in [0.05, 0.1) is 0 Å². The molecule has 0 atom stereocenters. The second kappa shape index (κ2) is 4.89. The molecule has 1 fully saturated rings. The zero-order valence-electron chi connectivity index (χ0n) is 7.35. The number of benzene rings is 1. The van der Waals surface area contributed by atoms with Crippen molar-refractivity contribution in [2.24, 2.45) is 5.73 Å². The van der Waals surface area contributed by atoms with Crippen LogP contribution in [-0.4, -0.2) is 11.3 Å². The van der Waals surface area contributed by atoms with Crippen LogP contribution in [0.1, 0.15) is 12.8 Å². The van der Waals surface area contributed by atoms with E-state index in [-0.39, 0.29) is 12.4 Å². The molecule has 0 amide bonds. The van der Waals surface area contributed by atoms with Gasteiger partial charge in [-0.1, -0.05) is 18.2 Å². The van der Waals surface area contributed by atoms with Gasteiger partial charge in [0.1, 0.15) is 0 Å². The molecule has 2 N–H and O–H groups in total. The molecule has 1 aliphatic carbocycles. The summed E-state index contributed by atoms with van der Waals surface area (Å²) in [6.45, 7) is 0. The summed E-state index contributed by atoms with van der Waals surface area (Å²) in [5.74, 6) is 0. The first-order valence-electron chi connectivity index (χ1n) is 4.32. The summed E-state index contributed by atoms with van der Waals surface area (Å²) in [5.41, 5.74) is 5.71. The Morgan fingerprint density at radius 3 is 2.31 bits per heavy atom. The fourth-order valence-electron chi connectivity index (χ4n) is 1.39. The molecule has 2 rings (SSSR count). The quantitative estimate of drug-likeness (QED) is 0.821. The van der Waals surface area contributed by atoms with Crippen LogP contribution in [0.5, 0.6) is 0 Å². The fraction of sp³-hybridized carbons (Fsp3) is 0.400. The molecule has 3 heteroatoms. The third-order valence-corrected chi connectivity index (χ3v) is 3.44. The molecule has 0 saturated heterocycles. The molecule has 1 aromatic rings. The smallest absolute Gasteiger partial charge is 0.0124 e. The normalized spacial score (nSPS) is 25.9. The summed E-state index contributed by atoms with van der Waals surface area (Å²) in [4.78, 5) is 1.37. The van der Waals surface area contributed by atoms with E-state index < -0.39 is 0 Å². The Morgan fingerprint density at radius 2 is 1.77 bits per heavy atom. The summed E-state index contributed by atoms with van der Waals surface area (Å²) >= 11 is 1.95. The lowest BCUT2D eigenvalue weighted by Gasteiger charge is -2.31. The van der Waals surface area contributed by atoms with Crippen LogP contribution < -0.4 is 5.73 Å². The maximum atomic E-state index is 5.71. The van der Waals surface area contributed by atoms with E-state index in [0.717, 1.165) is 5.25 Å². The van der Waals surface area contributed by atoms with Gasteiger partial charge in [0.25, 0.3) is 0 Å². The van der Waals surface area contributed by atoms with Crippen molar-refractivity contribution in [3.63, 3.8) is 0 Å². The largest absolute Gasteiger partial charge is 0.328 e. The van der Waals surface area contributed by atoms with Crippen molar-refractivity contribution in [3.05, 3.63) is 30.3 Å². The Hall–Kier alpha value is -0.180. The Bertz CT molecular complexity index is 246. The van der Waals surface area contributed by atoms with Crippen LogP contribution in [-0.2, 0) is 0 Å². The first-order valence-corrected chi connectivity index (χ1v) is 5.20. The summed E-state index contributed by atoms with van der Waals surface area (Å²) in [6, 6.07) is 11.0. The minimum Gasteiger partial charge on any atom is -0.328 e. The van der Waals surface area contributed by atoms with Gasteiger partial charge in [0, 0.05) is 16.2 Å². The van der Waals surface area contributed by atoms with Crippen LogP contribution >= 0.6 is 24.2 Å². The minimum atomic E-state index is 0. The standard InChI is InChI=1S/C10H13NS.ClH/c11-8-6-10(7-8)12-9-4-2-1-3-5-9;/h1-5,8,10H,6-7,11H2;1H. The molecule has 13 heavy (non-hydrogen) atoms. The van der Waals surface area contributed by atoms with Gasteiger partial charge in [-0.25, -0.2) is 0 Å². The molecule has 1 nitrogen and oxygen atoms in total. The number of thioether (sulfide) groups is 1. The molecular weight excluding hydrogens is 202 g/mol. The zero-order chi connectivity index (χ0) is 8.39. The van der Waals surface area contributed by atoms with E-state index in [1.54, 1.807) is 0 Å². The van der Waals surface area contributed by atoms with E-state index >= 15 is 0 Å². The van der Waals surface area contributed by atoms with Crippen LogP contribution in [0.4, 0.5) is 0 Å². The second-order valence-corrected chi connectivity index (χ2v) is 4.66. The molecule has 0 heterocycles. The number of nitrogens with two attached hydrogens (primary N) is 1. The Morgan fingerprint density at radius 1 is 1.15 bits per heavy atom. The molecule has 1 aromatic carbocycles. The van der Waals surface area contributed by atoms with Gasteiger partial charge < -0.3 is 5.73 Å². The molecule has 1 saturated carbocycles. The topological polar surface area (TPSA) is 26.0 Å². The first kappa shape index (κ1) is 10.9. The van der Waals surface area contributed by atoms with E-state index in [0.29, 0.717) is 6.04 Å². The van der Waals surface area contributed by atoms with Gasteiger partial charge in [-0.15, -0.1) is 24.2 Å². The van der Waals surface area contributed by atoms with E-state index in [2.05, 4.69) is 30.3 Å². The predicted molar refractivity (Wildman–Crippen MR) is 60.5 cm³/mol. The van der Waals surface area contributed by atoms with E-state index in [4.69, 9.17) is 5.73 Å². The highest BCUT2D eigenvalue weighted by Crippen LogP contribution is 2.35. The molecule has 0 bridgehead atoms. The van der Waals surface area contributed by atoms with Gasteiger partial charge in [-0.2, -0.15) is 0 Å². The molecule has 0 spiro atoms. The highest BCUT2D eigenvalue weighted by molar-refractivity contribution is 8.00. The molecule has 0 radical (unpaired) electrons. The van der Waals surface area contributed by atoms with Crippen LogP contribution in [0.3, 0.4) is 0 Å². The van der Waals surface area contributed by atoms with Gasteiger partial charge in [-0.3, -0.25) is 0 Å². The van der Waals surface area contributed by atoms with Gasteiger partial charge >= 0.3 is 0 Å². The summed E-state index contributed by atoms with van der Waals surface area (Å²) in [5, 5.41) is 0.766. The number of halogens is 1. The van der Waals surface area contributed by atoms with Crippen molar-refractivity contribution in [1.29, 1.82) is 0 Å². The summed E-state index contributed by atoms with van der Waals surface area (Å²) < 4.78 is 0. The van der Waals surface area contributed by atoms with Crippen molar-refractivity contribution in [1.82, 2.24) is 0 Å². The van der Waals surface area contributed by atoms with E-state index in [1.165, 1.54) is 17.7 Å². The van der Waals surface area contributed by atoms with Crippen LogP contribution in [0, 0.1) is 0 Å². The molecule has 0 aliphatic heterocycles. The average Bonchev–Trinajstić information content (AvgIpc) is 2.04. The third-order valence-electron chi connectivity index (χ3n) is 2.18. The zero-order valence-corrected chi connectivity index (χ0v) is 8.98. The van der Waals surface area contributed by atoms with Crippen LogP contribution in [0.25, 0.3) is 0 Å². The maximum Gasteiger partial charge on any atom is 0.0124 e. The van der Waals surface area contributed by atoms with Gasteiger partial charge in [0.15, 0.2) is 0 Å². The van der Waals surface area contributed by atoms with Gasteiger partial charge in [-0.05, 0) is 25.0 Å². The van der Waals surface area contributed by atoms with Crippen molar-refractivity contribution < 1.29 is 0 Å². The number of hydrogen-bond acceptors (Lipinski definition) is 2. The Labute approximate surface area is 89.5 Å². The highest BCUT2D eigenvalue weighted by atomic mass is 35.5. The van der Waals surface area contributed by atoms with E-state index in [9.17, 15) is 0 Å². The van der Waals surface area contributed by atoms with E-state index in [1.807, 2.05) is 11.8 Å². The third kappa shape index (κ3) is 2.90. The first-order chi connectivity index (χ1) is 5.84. The predicted octanol–water partition coefficient (Wildman–Crippen LogP) is 2.69.